The van der Waals surface area contributed by atoms with E-state index in [0.717, 1.165) is 84.6 Å². The van der Waals surface area contributed by atoms with Gasteiger partial charge in [-0.3, -0.25) is 0 Å². The molecule has 0 saturated heterocycles. The monoisotopic (exact) mass is 1440 g/mol. The highest BCUT2D eigenvalue weighted by molar-refractivity contribution is 6.28. The molecule has 8 nitrogen and oxygen atoms in total. The third kappa shape index (κ3) is 10.9. The van der Waals surface area contributed by atoms with E-state index in [2.05, 4.69) is 399 Å². The lowest BCUT2D eigenvalue weighted by molar-refractivity contribution is 1.16. The van der Waals surface area contributed by atoms with Crippen LogP contribution in [-0.2, 0) is 0 Å². The fraction of sp³-hybridized carbons (Fsp3) is 0. The largest absolute Gasteiger partial charge is 0.309 e. The Hall–Kier alpha value is -15.3. The van der Waals surface area contributed by atoms with Crippen LogP contribution in [0.5, 0.6) is 0 Å². The van der Waals surface area contributed by atoms with Gasteiger partial charge in [-0.25, -0.2) is 15.0 Å². The van der Waals surface area contributed by atoms with Crippen LogP contribution in [0.2, 0.25) is 0 Å². The zero-order valence-electron chi connectivity index (χ0n) is 61.3. The summed E-state index contributed by atoms with van der Waals surface area (Å²) in [5, 5.41) is 12.3. The zero-order chi connectivity index (χ0) is 74.5. The Morgan fingerprint density at radius 1 is 0.150 bits per heavy atom. The molecule has 0 aliphatic heterocycles. The lowest BCUT2D eigenvalue weighted by atomic mass is 10.00. The van der Waals surface area contributed by atoms with Crippen molar-refractivity contribution in [1.82, 2.24) is 37.8 Å². The smallest absolute Gasteiger partial charge is 0.160 e. The summed E-state index contributed by atoms with van der Waals surface area (Å²) in [5.41, 5.74) is 28.8. The van der Waals surface area contributed by atoms with Crippen LogP contribution in [0.25, 0.3) is 205 Å². The average Bonchev–Trinajstić information content (AvgIpc) is 1.55. The highest BCUT2D eigenvalue weighted by atomic mass is 15.0. The number of benzene rings is 16. The standard InChI is InChI=1S/C59H38N4.C46H30N4/c1-4-16-39(17-5-1)42-36-51(40-18-6-2-7-19-40)60-52(37-42)41-28-30-44(31-29-41)63-54-26-14-10-22-46(54)48-33-35-57-58(59(48)63)49-24-12-15-27-55(49)62(57)45-32-34-56-50(38-45)47-23-11-13-25-53(47)61(56)43-20-8-3-9-21-43;1-4-14-31(15-5-1)39-30-40(32-16-6-2-7-17-32)48-46(47-39)33-24-26-35(27-25-33)50-41-22-12-10-20-36(41)37-28-29-43-44(45(37)50)38-21-11-13-23-42(38)49(43)34-18-8-3-9-19-34/h1-38H;1-30H. The number of rotatable bonds is 11. The molecular formula is C105H68N8. The van der Waals surface area contributed by atoms with Crippen molar-refractivity contribution in [2.24, 2.45) is 0 Å². The molecule has 0 fully saturated rings. The molecule has 23 aromatic rings. The fourth-order valence-electron chi connectivity index (χ4n) is 17.5. The maximum atomic E-state index is 5.24. The predicted octanol–water partition coefficient (Wildman–Crippen LogP) is 27.0. The molecule has 0 saturated carbocycles. The molecule has 0 bridgehead atoms. The van der Waals surface area contributed by atoms with E-state index in [1.54, 1.807) is 0 Å². The summed E-state index contributed by atoms with van der Waals surface area (Å²) in [4.78, 5) is 15.4. The summed E-state index contributed by atoms with van der Waals surface area (Å²) in [6.45, 7) is 0. The van der Waals surface area contributed by atoms with Gasteiger partial charge in [0.25, 0.3) is 0 Å². The predicted molar refractivity (Wildman–Crippen MR) is 471 cm³/mol. The van der Waals surface area contributed by atoms with Gasteiger partial charge in [-0.2, -0.15) is 0 Å². The first-order valence-electron chi connectivity index (χ1n) is 38.5. The van der Waals surface area contributed by atoms with Crippen LogP contribution in [0.3, 0.4) is 0 Å². The first-order chi connectivity index (χ1) is 56.1. The SMILES string of the molecule is c1ccc(-c2cc(-c3ccccc3)nc(-c3ccc(-n4c5ccccc5c5ccc6c(c7ccccc7n6-c6ccc7c(c6)c6ccccc6n7-c6ccccc6)c54)cc3)c2)cc1.c1ccc(-c2cc(-c3ccccc3)nc(-c3ccc(-n4c5ccccc5c5ccc6c(c7ccccc7n6-c6ccccc6)c54)cc3)n2)cc1. The highest BCUT2D eigenvalue weighted by Crippen LogP contribution is 2.46. The summed E-state index contributed by atoms with van der Waals surface area (Å²) in [7, 11) is 0. The molecule has 0 N–H and O–H groups in total. The van der Waals surface area contributed by atoms with Gasteiger partial charge in [0.1, 0.15) is 0 Å². The van der Waals surface area contributed by atoms with E-state index in [-0.39, 0.29) is 0 Å². The van der Waals surface area contributed by atoms with Gasteiger partial charge < -0.3 is 22.8 Å². The van der Waals surface area contributed by atoms with Gasteiger partial charge in [-0.1, -0.05) is 273 Å². The van der Waals surface area contributed by atoms with Crippen molar-refractivity contribution in [2.75, 3.05) is 0 Å². The molecule has 113 heavy (non-hydrogen) atoms. The number of para-hydroxylation sites is 7. The highest BCUT2D eigenvalue weighted by Gasteiger charge is 2.25. The molecule has 0 spiro atoms. The zero-order valence-corrected chi connectivity index (χ0v) is 61.3. The van der Waals surface area contributed by atoms with Crippen LogP contribution in [0.1, 0.15) is 0 Å². The van der Waals surface area contributed by atoms with E-state index >= 15 is 0 Å². The first kappa shape index (κ1) is 64.9. The Morgan fingerprint density at radius 3 is 0.885 bits per heavy atom. The maximum absolute atomic E-state index is 5.24. The first-order valence-corrected chi connectivity index (χ1v) is 38.5. The van der Waals surface area contributed by atoms with Crippen molar-refractivity contribution in [3.05, 3.63) is 413 Å². The van der Waals surface area contributed by atoms with Crippen molar-refractivity contribution in [3.63, 3.8) is 0 Å². The van der Waals surface area contributed by atoms with E-state index in [1.807, 2.05) is 36.4 Å². The van der Waals surface area contributed by atoms with Crippen molar-refractivity contribution >= 4 is 109 Å². The van der Waals surface area contributed by atoms with E-state index in [9.17, 15) is 0 Å². The molecule has 8 heteroatoms. The maximum Gasteiger partial charge on any atom is 0.160 e. The molecule has 0 atom stereocenters. The molecule has 0 unspecified atom stereocenters. The number of hydrogen-bond donors (Lipinski definition) is 0. The Kier molecular flexibility index (Phi) is 15.4. The lowest BCUT2D eigenvalue weighted by Gasteiger charge is -2.13. The third-order valence-electron chi connectivity index (χ3n) is 22.6. The van der Waals surface area contributed by atoms with Crippen molar-refractivity contribution in [2.45, 2.75) is 0 Å². The Bertz CT molecular complexity index is 7490. The van der Waals surface area contributed by atoms with E-state index < -0.39 is 0 Å². The Balaban J connectivity index is 0.000000142. The molecule has 23 rings (SSSR count). The number of hydrogen-bond acceptors (Lipinski definition) is 3. The van der Waals surface area contributed by atoms with Crippen molar-refractivity contribution < 1.29 is 0 Å². The van der Waals surface area contributed by atoms with Gasteiger partial charge in [0.15, 0.2) is 5.82 Å². The van der Waals surface area contributed by atoms with E-state index in [0.29, 0.717) is 5.82 Å². The molecule has 7 aromatic heterocycles. The van der Waals surface area contributed by atoms with Gasteiger partial charge in [0, 0.05) is 110 Å². The molecular weight excluding hydrogens is 1370 g/mol. The third-order valence-corrected chi connectivity index (χ3v) is 22.6. The molecule has 528 valence electrons. The van der Waals surface area contributed by atoms with Crippen LogP contribution >= 0.6 is 0 Å². The quantitative estimate of drug-likeness (QED) is 0.130. The lowest BCUT2D eigenvalue weighted by Crippen LogP contribution is -1.97. The second-order valence-corrected chi connectivity index (χ2v) is 29.0. The van der Waals surface area contributed by atoms with Gasteiger partial charge in [0.05, 0.1) is 77.9 Å². The fourth-order valence-corrected chi connectivity index (χ4v) is 17.5. The van der Waals surface area contributed by atoms with Crippen molar-refractivity contribution in [1.29, 1.82) is 0 Å². The molecule has 0 aliphatic carbocycles. The Morgan fingerprint density at radius 2 is 0.442 bits per heavy atom. The second kappa shape index (κ2) is 26.9. The summed E-state index contributed by atoms with van der Waals surface area (Å²) >= 11 is 0. The van der Waals surface area contributed by atoms with Crippen LogP contribution in [-0.4, -0.2) is 37.8 Å². The van der Waals surface area contributed by atoms with E-state index in [1.165, 1.54) is 115 Å². The van der Waals surface area contributed by atoms with E-state index in [4.69, 9.17) is 15.0 Å². The number of pyridine rings is 1. The minimum absolute atomic E-state index is 0.701. The van der Waals surface area contributed by atoms with Crippen LogP contribution in [0.15, 0.2) is 413 Å². The average molecular weight is 1440 g/mol. The summed E-state index contributed by atoms with van der Waals surface area (Å²) in [6.07, 6.45) is 0. The van der Waals surface area contributed by atoms with Gasteiger partial charge in [-0.05, 0) is 151 Å². The van der Waals surface area contributed by atoms with Crippen LogP contribution in [0, 0.1) is 0 Å². The molecule has 0 aliphatic rings. The molecule has 16 aromatic carbocycles. The molecule has 0 radical (unpaired) electrons. The van der Waals surface area contributed by atoms with Gasteiger partial charge in [-0.15, -0.1) is 0 Å². The summed E-state index contributed by atoms with van der Waals surface area (Å²) in [6, 6.07) is 147. The number of fused-ring (bicyclic) bond motifs is 17. The summed E-state index contributed by atoms with van der Waals surface area (Å²) < 4.78 is 12.1. The van der Waals surface area contributed by atoms with Crippen LogP contribution < -0.4 is 0 Å². The minimum Gasteiger partial charge on any atom is -0.309 e. The van der Waals surface area contributed by atoms with Gasteiger partial charge >= 0.3 is 0 Å². The molecule has 0 amide bonds. The number of nitrogens with zero attached hydrogens (tertiary/aromatic N) is 8. The second-order valence-electron chi connectivity index (χ2n) is 29.0. The minimum atomic E-state index is 0.701. The molecule has 7 heterocycles. The van der Waals surface area contributed by atoms with Gasteiger partial charge in [0.2, 0.25) is 0 Å². The Labute approximate surface area is 651 Å². The topological polar surface area (TPSA) is 63.3 Å². The van der Waals surface area contributed by atoms with Crippen molar-refractivity contribution in [3.8, 4) is 96.0 Å². The number of aromatic nitrogens is 8. The summed E-state index contributed by atoms with van der Waals surface area (Å²) in [5.74, 6) is 0.701. The van der Waals surface area contributed by atoms with Crippen LogP contribution in [0.4, 0.5) is 0 Å². The normalized spacial score (nSPS) is 11.7.